The Morgan fingerprint density at radius 1 is 1.08 bits per heavy atom. The molecule has 2 amide bonds. The monoisotopic (exact) mass is 337 g/mol. The van der Waals surface area contributed by atoms with Gasteiger partial charge in [-0.3, -0.25) is 0 Å². The predicted octanol–water partition coefficient (Wildman–Crippen LogP) is 4.48. The number of rotatable bonds is 5. The summed E-state index contributed by atoms with van der Waals surface area (Å²) >= 11 is 1.63. The van der Waals surface area contributed by atoms with Crippen LogP contribution in [0.25, 0.3) is 10.6 Å². The molecular formula is C19H19N3OS. The van der Waals surface area contributed by atoms with Gasteiger partial charge in [-0.2, -0.15) is 0 Å². The van der Waals surface area contributed by atoms with Crippen LogP contribution in [0.1, 0.15) is 11.3 Å². The Kier molecular flexibility index (Phi) is 5.23. The van der Waals surface area contributed by atoms with Crippen LogP contribution in [0.3, 0.4) is 0 Å². The van der Waals surface area contributed by atoms with E-state index in [0.717, 1.165) is 22.0 Å². The van der Waals surface area contributed by atoms with Gasteiger partial charge in [0, 0.05) is 29.6 Å². The molecule has 0 radical (unpaired) electrons. The van der Waals surface area contributed by atoms with E-state index in [2.05, 4.69) is 46.8 Å². The molecule has 0 unspecified atom stereocenters. The van der Waals surface area contributed by atoms with Crippen molar-refractivity contribution in [3.63, 3.8) is 0 Å². The summed E-state index contributed by atoms with van der Waals surface area (Å²) in [4.78, 5) is 16.5. The van der Waals surface area contributed by atoms with E-state index in [1.807, 2.05) is 35.7 Å². The van der Waals surface area contributed by atoms with Gasteiger partial charge in [-0.25, -0.2) is 9.78 Å². The van der Waals surface area contributed by atoms with E-state index in [4.69, 9.17) is 0 Å². The molecule has 5 heteroatoms. The molecule has 3 rings (SSSR count). The summed E-state index contributed by atoms with van der Waals surface area (Å²) in [5.74, 6) is 0. The molecule has 0 atom stereocenters. The summed E-state index contributed by atoms with van der Waals surface area (Å²) in [6.45, 7) is 2.62. The number of benzene rings is 2. The van der Waals surface area contributed by atoms with Crippen LogP contribution in [0.4, 0.5) is 10.5 Å². The number of thiazole rings is 1. The maximum atomic E-state index is 11.8. The molecule has 0 aliphatic carbocycles. The van der Waals surface area contributed by atoms with Gasteiger partial charge in [0.15, 0.2) is 0 Å². The lowest BCUT2D eigenvalue weighted by Crippen LogP contribution is -2.30. The van der Waals surface area contributed by atoms with Gasteiger partial charge in [0.2, 0.25) is 0 Å². The molecule has 0 aliphatic rings. The summed E-state index contributed by atoms with van der Waals surface area (Å²) in [5, 5.41) is 8.71. The molecule has 0 saturated carbocycles. The summed E-state index contributed by atoms with van der Waals surface area (Å²) in [6.07, 6.45) is 0.713. The summed E-state index contributed by atoms with van der Waals surface area (Å²) < 4.78 is 0. The first-order valence-corrected chi connectivity index (χ1v) is 8.70. The SMILES string of the molecule is Cc1ccc(-c2nc(CCNC(=O)Nc3ccccc3)cs2)cc1. The second kappa shape index (κ2) is 7.75. The fourth-order valence-corrected chi connectivity index (χ4v) is 3.11. The van der Waals surface area contributed by atoms with Crippen LogP contribution < -0.4 is 10.6 Å². The lowest BCUT2D eigenvalue weighted by Gasteiger charge is -2.06. The summed E-state index contributed by atoms with van der Waals surface area (Å²) in [5.41, 5.74) is 4.15. The molecule has 1 aromatic heterocycles. The van der Waals surface area contributed by atoms with E-state index in [1.165, 1.54) is 5.56 Å². The maximum absolute atomic E-state index is 11.8. The number of aryl methyl sites for hydroxylation is 1. The third kappa shape index (κ3) is 4.43. The summed E-state index contributed by atoms with van der Waals surface area (Å²) in [6, 6.07) is 17.5. The zero-order valence-corrected chi connectivity index (χ0v) is 14.3. The van der Waals surface area contributed by atoms with Gasteiger partial charge < -0.3 is 10.6 Å². The quantitative estimate of drug-likeness (QED) is 0.721. The fourth-order valence-electron chi connectivity index (χ4n) is 2.25. The van der Waals surface area contributed by atoms with Crippen molar-refractivity contribution in [1.82, 2.24) is 10.3 Å². The first-order valence-electron chi connectivity index (χ1n) is 7.82. The van der Waals surface area contributed by atoms with Crippen LogP contribution in [0.5, 0.6) is 0 Å². The van der Waals surface area contributed by atoms with Crippen LogP contribution >= 0.6 is 11.3 Å². The van der Waals surface area contributed by atoms with Gasteiger partial charge in [0.1, 0.15) is 5.01 Å². The number of urea groups is 1. The Morgan fingerprint density at radius 3 is 2.58 bits per heavy atom. The number of hydrogen-bond acceptors (Lipinski definition) is 3. The van der Waals surface area contributed by atoms with Crippen LogP contribution in [0, 0.1) is 6.92 Å². The zero-order valence-electron chi connectivity index (χ0n) is 13.5. The number of anilines is 1. The first kappa shape index (κ1) is 16.2. The maximum Gasteiger partial charge on any atom is 0.319 e. The molecule has 4 nitrogen and oxygen atoms in total. The Bertz CT molecular complexity index is 797. The van der Waals surface area contributed by atoms with E-state index < -0.39 is 0 Å². The normalized spacial score (nSPS) is 10.4. The fraction of sp³-hybridized carbons (Fsp3) is 0.158. The lowest BCUT2D eigenvalue weighted by atomic mass is 10.2. The smallest absolute Gasteiger partial charge is 0.319 e. The second-order valence-corrected chi connectivity index (χ2v) is 6.37. The lowest BCUT2D eigenvalue weighted by molar-refractivity contribution is 0.252. The van der Waals surface area contributed by atoms with E-state index in [9.17, 15) is 4.79 Å². The van der Waals surface area contributed by atoms with Crippen molar-refractivity contribution in [3.05, 3.63) is 71.2 Å². The highest BCUT2D eigenvalue weighted by Gasteiger charge is 2.06. The Labute approximate surface area is 145 Å². The average Bonchev–Trinajstić information content (AvgIpc) is 3.05. The number of aromatic nitrogens is 1. The molecule has 122 valence electrons. The number of carbonyl (C=O) groups excluding carboxylic acids is 1. The van der Waals surface area contributed by atoms with Crippen LogP contribution in [0.15, 0.2) is 60.0 Å². The van der Waals surface area contributed by atoms with Gasteiger partial charge in [0.05, 0.1) is 5.69 Å². The van der Waals surface area contributed by atoms with Crippen LogP contribution in [-0.4, -0.2) is 17.6 Å². The minimum absolute atomic E-state index is 0.199. The molecule has 0 spiro atoms. The molecule has 0 aliphatic heterocycles. The number of nitrogens with one attached hydrogen (secondary N) is 2. The highest BCUT2D eigenvalue weighted by atomic mass is 32.1. The number of hydrogen-bond donors (Lipinski definition) is 2. The Balaban J connectivity index is 1.49. The minimum atomic E-state index is -0.199. The molecule has 1 heterocycles. The molecule has 0 fully saturated rings. The second-order valence-electron chi connectivity index (χ2n) is 5.51. The highest BCUT2D eigenvalue weighted by Crippen LogP contribution is 2.24. The van der Waals surface area contributed by atoms with Crippen molar-refractivity contribution in [1.29, 1.82) is 0 Å². The van der Waals surface area contributed by atoms with Crippen molar-refractivity contribution in [2.45, 2.75) is 13.3 Å². The van der Waals surface area contributed by atoms with Gasteiger partial charge in [-0.05, 0) is 19.1 Å². The number of amides is 2. The third-order valence-corrected chi connectivity index (χ3v) is 4.49. The first-order chi connectivity index (χ1) is 11.7. The van der Waals surface area contributed by atoms with E-state index in [0.29, 0.717) is 13.0 Å². The Hall–Kier alpha value is -2.66. The van der Waals surface area contributed by atoms with Gasteiger partial charge in [-0.1, -0.05) is 48.0 Å². The number of nitrogens with zero attached hydrogens (tertiary/aromatic N) is 1. The van der Waals surface area contributed by atoms with Gasteiger partial charge in [-0.15, -0.1) is 11.3 Å². The van der Waals surface area contributed by atoms with E-state index in [1.54, 1.807) is 11.3 Å². The largest absolute Gasteiger partial charge is 0.337 e. The van der Waals surface area contributed by atoms with Gasteiger partial charge in [0.25, 0.3) is 0 Å². The van der Waals surface area contributed by atoms with E-state index >= 15 is 0 Å². The standard InChI is InChI=1S/C19H19N3OS/c1-14-7-9-15(10-8-14)18-21-17(13-24-18)11-12-20-19(23)22-16-5-3-2-4-6-16/h2-10,13H,11-12H2,1H3,(H2,20,22,23). The molecule has 3 aromatic rings. The highest BCUT2D eigenvalue weighted by molar-refractivity contribution is 7.13. The predicted molar refractivity (Wildman–Crippen MR) is 99.5 cm³/mol. The third-order valence-electron chi connectivity index (χ3n) is 3.55. The average molecular weight is 337 g/mol. The molecular weight excluding hydrogens is 318 g/mol. The van der Waals surface area contributed by atoms with Crippen LogP contribution in [-0.2, 0) is 6.42 Å². The Morgan fingerprint density at radius 2 is 1.83 bits per heavy atom. The summed E-state index contributed by atoms with van der Waals surface area (Å²) in [7, 11) is 0. The molecule has 24 heavy (non-hydrogen) atoms. The van der Waals surface area contributed by atoms with Crippen molar-refractivity contribution in [3.8, 4) is 10.6 Å². The van der Waals surface area contributed by atoms with Crippen molar-refractivity contribution in [2.75, 3.05) is 11.9 Å². The van der Waals surface area contributed by atoms with Crippen LogP contribution in [0.2, 0.25) is 0 Å². The molecule has 2 aromatic carbocycles. The minimum Gasteiger partial charge on any atom is -0.337 e. The topological polar surface area (TPSA) is 54.0 Å². The van der Waals surface area contributed by atoms with Crippen molar-refractivity contribution >= 4 is 23.1 Å². The van der Waals surface area contributed by atoms with Gasteiger partial charge >= 0.3 is 6.03 Å². The molecule has 0 bridgehead atoms. The molecule has 2 N–H and O–H groups in total. The van der Waals surface area contributed by atoms with Crippen molar-refractivity contribution in [2.24, 2.45) is 0 Å². The van der Waals surface area contributed by atoms with Crippen molar-refractivity contribution < 1.29 is 4.79 Å². The zero-order chi connectivity index (χ0) is 16.8. The number of para-hydroxylation sites is 1. The van der Waals surface area contributed by atoms with E-state index in [-0.39, 0.29) is 6.03 Å². The number of carbonyl (C=O) groups is 1. The molecule has 0 saturated heterocycles.